The number of carbonyl (C=O) groups excluding carboxylic acids is 6. The summed E-state index contributed by atoms with van der Waals surface area (Å²) in [5.74, 6) is -1.96. The molecule has 0 bridgehead atoms. The van der Waals surface area contributed by atoms with E-state index in [-0.39, 0.29) is 66.3 Å². The van der Waals surface area contributed by atoms with E-state index >= 15 is 0 Å². The molecule has 3 rings (SSSR count). The van der Waals surface area contributed by atoms with E-state index in [1.54, 1.807) is 13.8 Å². The first-order chi connectivity index (χ1) is 25.9. The van der Waals surface area contributed by atoms with Gasteiger partial charge in [0.2, 0.25) is 0 Å². The monoisotopic (exact) mass is 748 g/mol. The zero-order valence-corrected chi connectivity index (χ0v) is 30.0. The van der Waals surface area contributed by atoms with Crippen molar-refractivity contribution in [2.75, 3.05) is 33.5 Å². The summed E-state index contributed by atoms with van der Waals surface area (Å²) in [7, 11) is 1.35. The van der Waals surface area contributed by atoms with Gasteiger partial charge in [0, 0.05) is 18.2 Å². The molecule has 0 amide bonds. The Kier molecular flexibility index (Phi) is 16.8. The lowest BCUT2D eigenvalue weighted by molar-refractivity contribution is -0.138. The zero-order valence-electron chi connectivity index (χ0n) is 30.0. The van der Waals surface area contributed by atoms with Crippen molar-refractivity contribution in [2.45, 2.75) is 39.5 Å². The van der Waals surface area contributed by atoms with Crippen molar-refractivity contribution >= 4 is 36.2 Å². The Morgan fingerprint density at radius 3 is 1.35 bits per heavy atom. The smallest absolute Gasteiger partial charge is 0.493 e. The highest BCUT2D eigenvalue weighted by Gasteiger charge is 2.19. The average Bonchev–Trinajstić information content (AvgIpc) is 3.14. The first-order valence-electron chi connectivity index (χ1n) is 16.5. The molecule has 0 atom stereocenters. The maximum Gasteiger partial charge on any atom is 0.513 e. The second-order valence-corrected chi connectivity index (χ2v) is 11.1. The Balaban J connectivity index is 1.50. The van der Waals surface area contributed by atoms with Crippen LogP contribution in [0.25, 0.3) is 0 Å². The van der Waals surface area contributed by atoms with Crippen LogP contribution in [0.3, 0.4) is 0 Å². The van der Waals surface area contributed by atoms with Crippen molar-refractivity contribution in [3.63, 3.8) is 0 Å². The molecule has 15 heteroatoms. The second kappa shape index (κ2) is 21.7. The molecule has 15 nitrogen and oxygen atoms in total. The third-order valence-electron chi connectivity index (χ3n) is 7.13. The van der Waals surface area contributed by atoms with Gasteiger partial charge in [-0.05, 0) is 99.2 Å². The van der Waals surface area contributed by atoms with Crippen LogP contribution in [0.5, 0.6) is 28.7 Å². The molecular formula is C39H40O15. The highest BCUT2D eigenvalue weighted by atomic mass is 16.7. The van der Waals surface area contributed by atoms with Crippen molar-refractivity contribution in [1.29, 1.82) is 0 Å². The summed E-state index contributed by atoms with van der Waals surface area (Å²) in [6, 6.07) is 12.8. The fourth-order valence-corrected chi connectivity index (χ4v) is 4.40. The molecule has 0 aliphatic heterocycles. The molecular weight excluding hydrogens is 708 g/mol. The number of ether oxygens (including phenoxy) is 9. The fourth-order valence-electron chi connectivity index (χ4n) is 4.40. The van der Waals surface area contributed by atoms with Crippen LogP contribution < -0.4 is 23.7 Å². The van der Waals surface area contributed by atoms with E-state index in [9.17, 15) is 28.8 Å². The lowest BCUT2D eigenvalue weighted by Gasteiger charge is -2.13. The van der Waals surface area contributed by atoms with Gasteiger partial charge in [0.15, 0.2) is 11.5 Å². The van der Waals surface area contributed by atoms with Gasteiger partial charge in [0.1, 0.15) is 17.2 Å². The minimum Gasteiger partial charge on any atom is -0.493 e. The van der Waals surface area contributed by atoms with Crippen molar-refractivity contribution in [3.8, 4) is 28.7 Å². The molecule has 0 aliphatic rings. The maximum absolute atomic E-state index is 13.0. The Bertz CT molecular complexity index is 1850. The van der Waals surface area contributed by atoms with Crippen LogP contribution in [0.1, 0.15) is 57.5 Å². The highest BCUT2D eigenvalue weighted by molar-refractivity contribution is 5.94. The van der Waals surface area contributed by atoms with Gasteiger partial charge in [-0.2, -0.15) is 0 Å². The van der Waals surface area contributed by atoms with E-state index in [1.807, 2.05) is 0 Å². The minimum absolute atomic E-state index is 0.0468. The molecule has 0 saturated heterocycles. The van der Waals surface area contributed by atoms with Gasteiger partial charge >= 0.3 is 36.2 Å². The number of methoxy groups -OCH3 is 1. The van der Waals surface area contributed by atoms with Gasteiger partial charge in [-0.1, -0.05) is 13.2 Å². The van der Waals surface area contributed by atoms with E-state index in [0.29, 0.717) is 36.8 Å². The average molecular weight is 749 g/mol. The molecule has 54 heavy (non-hydrogen) atoms. The number of esters is 4. The summed E-state index contributed by atoms with van der Waals surface area (Å²) in [6.45, 7) is 10.3. The third kappa shape index (κ3) is 13.8. The lowest BCUT2D eigenvalue weighted by atomic mass is 10.1. The number of hydrogen-bond acceptors (Lipinski definition) is 15. The summed E-state index contributed by atoms with van der Waals surface area (Å²) in [4.78, 5) is 72.1. The molecule has 0 unspecified atom stereocenters. The first kappa shape index (κ1) is 41.8. The van der Waals surface area contributed by atoms with Crippen molar-refractivity contribution < 1.29 is 71.4 Å². The summed E-state index contributed by atoms with van der Waals surface area (Å²) in [5.41, 5.74) is 1.28. The van der Waals surface area contributed by atoms with Gasteiger partial charge < -0.3 is 42.6 Å². The fraction of sp³-hybridized carbons (Fsp3) is 0.282. The molecule has 0 radical (unpaired) electrons. The van der Waals surface area contributed by atoms with E-state index in [0.717, 1.165) is 12.2 Å². The number of rotatable bonds is 19. The van der Waals surface area contributed by atoms with Crippen molar-refractivity contribution in [3.05, 3.63) is 102 Å². The first-order valence-corrected chi connectivity index (χ1v) is 16.5. The van der Waals surface area contributed by atoms with Crippen LogP contribution in [0.4, 0.5) is 9.59 Å². The van der Waals surface area contributed by atoms with Crippen LogP contribution in [0.15, 0.2) is 79.9 Å². The number of hydrogen-bond donors (Lipinski definition) is 0. The highest BCUT2D eigenvalue weighted by Crippen LogP contribution is 2.33. The predicted octanol–water partition coefficient (Wildman–Crippen LogP) is 6.80. The summed E-state index contributed by atoms with van der Waals surface area (Å²) in [6.07, 6.45) is 2.11. The quantitative estimate of drug-likeness (QED) is 0.0311. The zero-order chi connectivity index (χ0) is 39.5. The SMILES string of the molecule is C=CC(=O)OCCCCOC(=O)Oc1ccc(C(=O)Oc2ccc(OC(=O)c3ccc(OC(=O)OCCCCOC(=O)C=C)cc3C)c(OC)c2)c(C)c1. The normalized spacial score (nSPS) is 10.2. The van der Waals surface area contributed by atoms with Crippen LogP contribution in [-0.2, 0) is 28.5 Å². The van der Waals surface area contributed by atoms with Crippen LogP contribution in [0.2, 0.25) is 0 Å². The van der Waals surface area contributed by atoms with Gasteiger partial charge in [-0.3, -0.25) is 0 Å². The largest absolute Gasteiger partial charge is 0.513 e. The number of aryl methyl sites for hydroxylation is 2. The summed E-state index contributed by atoms with van der Waals surface area (Å²) in [5, 5.41) is 0. The molecule has 0 spiro atoms. The van der Waals surface area contributed by atoms with Crippen LogP contribution in [-0.4, -0.2) is 69.7 Å². The van der Waals surface area contributed by atoms with Gasteiger partial charge in [0.25, 0.3) is 0 Å². The molecule has 3 aromatic rings. The second-order valence-electron chi connectivity index (χ2n) is 11.1. The molecule has 286 valence electrons. The number of unbranched alkanes of at least 4 members (excludes halogenated alkanes) is 2. The molecule has 0 fully saturated rings. The topological polar surface area (TPSA) is 185 Å². The Hall–Kier alpha value is -6.64. The Morgan fingerprint density at radius 2 is 0.926 bits per heavy atom. The van der Waals surface area contributed by atoms with E-state index in [1.165, 1.54) is 61.7 Å². The minimum atomic E-state index is -0.937. The van der Waals surface area contributed by atoms with Gasteiger partial charge in [-0.25, -0.2) is 28.8 Å². The molecule has 0 saturated carbocycles. The van der Waals surface area contributed by atoms with Gasteiger partial charge in [0.05, 0.1) is 44.7 Å². The van der Waals surface area contributed by atoms with E-state index in [4.69, 9.17) is 42.6 Å². The molecule has 0 aromatic heterocycles. The van der Waals surface area contributed by atoms with Gasteiger partial charge in [-0.15, -0.1) is 0 Å². The van der Waals surface area contributed by atoms with Crippen LogP contribution in [0, 0.1) is 13.8 Å². The van der Waals surface area contributed by atoms with Crippen LogP contribution >= 0.6 is 0 Å². The third-order valence-corrected chi connectivity index (χ3v) is 7.13. The van der Waals surface area contributed by atoms with E-state index in [2.05, 4.69) is 13.2 Å². The number of benzene rings is 3. The molecule has 0 heterocycles. The maximum atomic E-state index is 13.0. The van der Waals surface area contributed by atoms with Crippen molar-refractivity contribution in [2.24, 2.45) is 0 Å². The Morgan fingerprint density at radius 1 is 0.519 bits per heavy atom. The van der Waals surface area contributed by atoms with E-state index < -0.39 is 36.2 Å². The predicted molar refractivity (Wildman–Crippen MR) is 190 cm³/mol. The standard InChI is InChI=1S/C39H40O15/c1-6-34(40)47-18-8-10-20-49-38(44)52-27-12-15-30(25(3)22-27)36(42)51-29-14-17-32(33(24-29)46-5)54-37(43)31-16-13-28(23-26(31)4)53-39(45)50-21-11-9-19-48-35(41)7-2/h6-7,12-17,22-24H,1-2,8-11,18-21H2,3-5H3. The number of carbonyl (C=O) groups is 6. The molecule has 3 aromatic carbocycles. The summed E-state index contributed by atoms with van der Waals surface area (Å²) >= 11 is 0. The molecule has 0 N–H and O–H groups in total. The Labute approximate surface area is 311 Å². The molecule has 0 aliphatic carbocycles. The van der Waals surface area contributed by atoms with Crippen molar-refractivity contribution in [1.82, 2.24) is 0 Å². The lowest BCUT2D eigenvalue weighted by Crippen LogP contribution is -2.14. The summed E-state index contributed by atoms with van der Waals surface area (Å²) < 4.78 is 46.5.